The first-order valence-electron chi connectivity index (χ1n) is 7.40. The Morgan fingerprint density at radius 3 is 2.70 bits per heavy atom. The van der Waals surface area contributed by atoms with Crippen molar-refractivity contribution in [2.45, 2.75) is 26.3 Å². The van der Waals surface area contributed by atoms with Gasteiger partial charge in [0.2, 0.25) is 0 Å². The van der Waals surface area contributed by atoms with E-state index in [9.17, 15) is 4.79 Å². The van der Waals surface area contributed by atoms with Crippen molar-refractivity contribution in [1.82, 2.24) is 9.80 Å². The number of ether oxygens (including phenoxy) is 1. The van der Waals surface area contributed by atoms with Crippen LogP contribution < -0.4 is 0 Å². The Hall–Kier alpha value is -1.55. The van der Waals surface area contributed by atoms with Crippen LogP contribution in [0, 0.1) is 0 Å². The third-order valence-electron chi connectivity index (χ3n) is 3.82. The molecule has 1 aromatic carbocycles. The summed E-state index contributed by atoms with van der Waals surface area (Å²) in [6.07, 6.45) is 0.881. The number of piperazine rings is 1. The summed E-state index contributed by atoms with van der Waals surface area (Å²) >= 11 is 0. The maximum atomic E-state index is 11.7. The molecule has 0 N–H and O–H groups in total. The van der Waals surface area contributed by atoms with Crippen LogP contribution in [0.3, 0.4) is 0 Å². The van der Waals surface area contributed by atoms with Crippen LogP contribution in [-0.2, 0) is 11.2 Å². The predicted octanol–water partition coefficient (Wildman–Crippen LogP) is 2.39. The van der Waals surface area contributed by atoms with E-state index in [0.29, 0.717) is 12.6 Å². The van der Waals surface area contributed by atoms with E-state index in [-0.39, 0.29) is 6.09 Å². The zero-order valence-corrected chi connectivity index (χ0v) is 12.4. The molecule has 0 bridgehead atoms. The van der Waals surface area contributed by atoms with E-state index >= 15 is 0 Å². The lowest BCUT2D eigenvalue weighted by Gasteiger charge is -2.39. The average molecular weight is 276 g/mol. The average Bonchev–Trinajstić information content (AvgIpc) is 2.47. The summed E-state index contributed by atoms with van der Waals surface area (Å²) < 4.78 is 5.06. The van der Waals surface area contributed by atoms with Gasteiger partial charge in [-0.25, -0.2) is 4.79 Å². The number of hydrogen-bond donors (Lipinski definition) is 0. The monoisotopic (exact) mass is 276 g/mol. The summed E-state index contributed by atoms with van der Waals surface area (Å²) in [4.78, 5) is 16.0. The Labute approximate surface area is 121 Å². The van der Waals surface area contributed by atoms with Crippen LogP contribution in [0.4, 0.5) is 4.79 Å². The fourth-order valence-electron chi connectivity index (χ4n) is 2.63. The molecule has 1 aliphatic heterocycles. The molecule has 110 valence electrons. The van der Waals surface area contributed by atoms with Crippen LogP contribution in [0.1, 0.15) is 19.4 Å². The lowest BCUT2D eigenvalue weighted by atomic mass is 10.1. The number of benzene rings is 1. The normalized spacial score (nSPS) is 19.9. The van der Waals surface area contributed by atoms with Gasteiger partial charge < -0.3 is 9.64 Å². The third-order valence-corrected chi connectivity index (χ3v) is 3.82. The number of nitrogens with zero attached hydrogens (tertiary/aromatic N) is 2. The van der Waals surface area contributed by atoms with Crippen LogP contribution in [0.15, 0.2) is 30.3 Å². The third kappa shape index (κ3) is 3.97. The molecule has 0 aromatic heterocycles. The highest BCUT2D eigenvalue weighted by molar-refractivity contribution is 5.67. The molecule has 1 amide bonds. The standard InChI is InChI=1S/C16H24N2O2/c1-3-20-16(19)18-12-11-17(14(2)13-18)10-9-15-7-5-4-6-8-15/h4-8,14H,3,9-13H2,1-2H3. The van der Waals surface area contributed by atoms with Gasteiger partial charge in [0.05, 0.1) is 6.61 Å². The molecule has 0 aliphatic carbocycles. The first-order valence-corrected chi connectivity index (χ1v) is 7.40. The van der Waals surface area contributed by atoms with Gasteiger partial charge in [0, 0.05) is 32.2 Å². The van der Waals surface area contributed by atoms with Crippen molar-refractivity contribution >= 4 is 6.09 Å². The van der Waals surface area contributed by atoms with Crippen molar-refractivity contribution in [2.24, 2.45) is 0 Å². The van der Waals surface area contributed by atoms with E-state index in [1.165, 1.54) is 5.56 Å². The summed E-state index contributed by atoms with van der Waals surface area (Å²) in [5.74, 6) is 0. The summed E-state index contributed by atoms with van der Waals surface area (Å²) in [5.41, 5.74) is 1.37. The van der Waals surface area contributed by atoms with Gasteiger partial charge in [-0.05, 0) is 25.8 Å². The topological polar surface area (TPSA) is 32.8 Å². The molecule has 2 rings (SSSR count). The first-order chi connectivity index (χ1) is 9.70. The van der Waals surface area contributed by atoms with E-state index in [1.807, 2.05) is 17.9 Å². The van der Waals surface area contributed by atoms with E-state index in [4.69, 9.17) is 4.74 Å². The second-order valence-electron chi connectivity index (χ2n) is 5.27. The zero-order valence-electron chi connectivity index (χ0n) is 12.4. The van der Waals surface area contributed by atoms with Gasteiger partial charge in [0.25, 0.3) is 0 Å². The van der Waals surface area contributed by atoms with E-state index in [2.05, 4.69) is 36.1 Å². The molecule has 4 heteroatoms. The minimum atomic E-state index is -0.179. The molecule has 0 spiro atoms. The van der Waals surface area contributed by atoms with Crippen LogP contribution in [-0.4, -0.2) is 54.7 Å². The smallest absolute Gasteiger partial charge is 0.409 e. The van der Waals surface area contributed by atoms with E-state index in [1.54, 1.807) is 0 Å². The highest BCUT2D eigenvalue weighted by atomic mass is 16.6. The molecule has 1 aliphatic rings. The molecule has 1 atom stereocenters. The van der Waals surface area contributed by atoms with Crippen molar-refractivity contribution in [3.63, 3.8) is 0 Å². The van der Waals surface area contributed by atoms with Crippen molar-refractivity contribution in [3.8, 4) is 0 Å². The highest BCUT2D eigenvalue weighted by Crippen LogP contribution is 2.12. The molecule has 0 radical (unpaired) electrons. The summed E-state index contributed by atoms with van der Waals surface area (Å²) in [6.45, 7) is 7.95. The fourth-order valence-corrected chi connectivity index (χ4v) is 2.63. The minimum absolute atomic E-state index is 0.179. The van der Waals surface area contributed by atoms with Crippen LogP contribution in [0.5, 0.6) is 0 Å². The van der Waals surface area contributed by atoms with E-state index < -0.39 is 0 Å². The lowest BCUT2D eigenvalue weighted by molar-refractivity contribution is 0.0580. The number of rotatable bonds is 4. The van der Waals surface area contributed by atoms with Crippen LogP contribution in [0.2, 0.25) is 0 Å². The maximum Gasteiger partial charge on any atom is 0.409 e. The molecule has 0 saturated carbocycles. The molecular weight excluding hydrogens is 252 g/mol. The number of carbonyl (C=O) groups is 1. The van der Waals surface area contributed by atoms with Gasteiger partial charge in [0.15, 0.2) is 0 Å². The Bertz CT molecular complexity index is 422. The highest BCUT2D eigenvalue weighted by Gasteiger charge is 2.26. The fraction of sp³-hybridized carbons (Fsp3) is 0.562. The van der Waals surface area contributed by atoms with E-state index in [0.717, 1.165) is 32.6 Å². The largest absolute Gasteiger partial charge is 0.450 e. The molecule has 1 aromatic rings. The van der Waals surface area contributed by atoms with Gasteiger partial charge in [0.1, 0.15) is 0 Å². The quantitative estimate of drug-likeness (QED) is 0.846. The molecule has 4 nitrogen and oxygen atoms in total. The molecule has 1 heterocycles. The number of carbonyl (C=O) groups excluding carboxylic acids is 1. The Kier molecular flexibility index (Phi) is 5.41. The Balaban J connectivity index is 1.80. The maximum absolute atomic E-state index is 11.7. The Morgan fingerprint density at radius 2 is 2.05 bits per heavy atom. The summed E-state index contributed by atoms with van der Waals surface area (Å²) in [5, 5.41) is 0. The minimum Gasteiger partial charge on any atom is -0.450 e. The molecule has 1 unspecified atom stereocenters. The van der Waals surface area contributed by atoms with Crippen LogP contribution in [0.25, 0.3) is 0 Å². The molecule has 1 fully saturated rings. The van der Waals surface area contributed by atoms with Gasteiger partial charge in [-0.15, -0.1) is 0 Å². The van der Waals surface area contributed by atoms with Crippen molar-refractivity contribution < 1.29 is 9.53 Å². The van der Waals surface area contributed by atoms with Crippen molar-refractivity contribution in [2.75, 3.05) is 32.8 Å². The molecule has 1 saturated heterocycles. The van der Waals surface area contributed by atoms with Crippen molar-refractivity contribution in [1.29, 1.82) is 0 Å². The van der Waals surface area contributed by atoms with Gasteiger partial charge in [-0.1, -0.05) is 30.3 Å². The molecular formula is C16H24N2O2. The van der Waals surface area contributed by atoms with Gasteiger partial charge >= 0.3 is 6.09 Å². The second-order valence-corrected chi connectivity index (χ2v) is 5.27. The zero-order chi connectivity index (χ0) is 14.4. The second kappa shape index (κ2) is 7.29. The van der Waals surface area contributed by atoms with Crippen LogP contribution >= 0.6 is 0 Å². The lowest BCUT2D eigenvalue weighted by Crippen LogP contribution is -2.54. The Morgan fingerprint density at radius 1 is 1.30 bits per heavy atom. The van der Waals surface area contributed by atoms with Gasteiger partial charge in [-0.2, -0.15) is 0 Å². The van der Waals surface area contributed by atoms with Gasteiger partial charge in [-0.3, -0.25) is 4.90 Å². The first kappa shape index (κ1) is 14.9. The number of hydrogen-bond acceptors (Lipinski definition) is 3. The predicted molar refractivity (Wildman–Crippen MR) is 79.8 cm³/mol. The number of amides is 1. The SMILES string of the molecule is CCOC(=O)N1CCN(CCc2ccccc2)C(C)C1. The molecule has 20 heavy (non-hydrogen) atoms. The van der Waals surface area contributed by atoms with Crippen molar-refractivity contribution in [3.05, 3.63) is 35.9 Å². The summed E-state index contributed by atoms with van der Waals surface area (Å²) in [6, 6.07) is 10.9. The summed E-state index contributed by atoms with van der Waals surface area (Å²) in [7, 11) is 0.